The molecule has 1 aromatic carbocycles. The molecule has 0 bridgehead atoms. The molecule has 1 atom stereocenters. The van der Waals surface area contributed by atoms with Gasteiger partial charge in [0.05, 0.1) is 4.88 Å². The molecule has 7 heteroatoms. The van der Waals surface area contributed by atoms with E-state index in [9.17, 15) is 4.79 Å². The quantitative estimate of drug-likeness (QED) is 0.523. The van der Waals surface area contributed by atoms with Crippen LogP contribution in [-0.2, 0) is 4.74 Å². The maximum absolute atomic E-state index is 12.5. The van der Waals surface area contributed by atoms with Crippen LogP contribution < -0.4 is 0 Å². The summed E-state index contributed by atoms with van der Waals surface area (Å²) in [6, 6.07) is 9.71. The lowest BCUT2D eigenvalue weighted by molar-refractivity contribution is 0.0274. The Hall–Kier alpha value is -2.93. The van der Waals surface area contributed by atoms with E-state index < -0.39 is 12.1 Å². The lowest BCUT2D eigenvalue weighted by atomic mass is 10.1. The molecule has 0 aliphatic rings. The van der Waals surface area contributed by atoms with Gasteiger partial charge in [-0.25, -0.2) is 4.79 Å². The Morgan fingerprint density at radius 3 is 2.88 bits per heavy atom. The molecule has 132 valence electrons. The summed E-state index contributed by atoms with van der Waals surface area (Å²) in [6.07, 6.45) is -0.641. The normalized spacial score (nSPS) is 12.4. The van der Waals surface area contributed by atoms with Crippen molar-refractivity contribution in [2.45, 2.75) is 26.9 Å². The molecule has 0 spiro atoms. The summed E-state index contributed by atoms with van der Waals surface area (Å²) in [4.78, 5) is 16.5. The lowest BCUT2D eigenvalue weighted by Gasteiger charge is -2.07. The van der Waals surface area contributed by atoms with Crippen molar-refractivity contribution in [3.8, 4) is 10.8 Å². The maximum atomic E-state index is 12.5. The van der Waals surface area contributed by atoms with Gasteiger partial charge in [0, 0.05) is 10.9 Å². The maximum Gasteiger partial charge on any atom is 0.355 e. The van der Waals surface area contributed by atoms with Gasteiger partial charge in [0.2, 0.25) is 0 Å². The molecular formula is C19H17N3O3S. The van der Waals surface area contributed by atoms with E-state index in [0.717, 1.165) is 26.9 Å². The molecule has 3 aromatic heterocycles. The number of carbonyl (C=O) groups excluding carboxylic acids is 1. The van der Waals surface area contributed by atoms with Gasteiger partial charge < -0.3 is 14.1 Å². The van der Waals surface area contributed by atoms with Crippen LogP contribution in [0.15, 0.2) is 40.1 Å². The number of aryl methyl sites for hydroxylation is 2. The van der Waals surface area contributed by atoms with E-state index in [1.165, 1.54) is 11.3 Å². The van der Waals surface area contributed by atoms with E-state index in [-0.39, 0.29) is 5.89 Å². The Bertz CT molecular complexity index is 1080. The highest BCUT2D eigenvalue weighted by molar-refractivity contribution is 7.13. The number of esters is 1. The van der Waals surface area contributed by atoms with Gasteiger partial charge >= 0.3 is 5.97 Å². The third-order valence-corrected chi connectivity index (χ3v) is 4.97. The standard InChI is InChI=1S/C19H17N3O3S/c1-10-7-11(2)13-9-15(20-14(13)8-10)19(23)24-12(3)17-21-22-18(25-17)16-5-4-6-26-16/h4-9,12,20H,1-3H3/t12-/m1/s1. The minimum Gasteiger partial charge on any atom is -0.448 e. The smallest absolute Gasteiger partial charge is 0.355 e. The van der Waals surface area contributed by atoms with Crippen molar-refractivity contribution in [1.29, 1.82) is 0 Å². The van der Waals surface area contributed by atoms with Gasteiger partial charge in [-0.05, 0) is 55.5 Å². The summed E-state index contributed by atoms with van der Waals surface area (Å²) in [5.41, 5.74) is 3.57. The highest BCUT2D eigenvalue weighted by Gasteiger charge is 2.21. The van der Waals surface area contributed by atoms with Crippen molar-refractivity contribution < 1.29 is 13.9 Å². The summed E-state index contributed by atoms with van der Waals surface area (Å²) in [7, 11) is 0. The number of ether oxygens (including phenoxy) is 1. The first-order valence-corrected chi connectivity index (χ1v) is 9.07. The topological polar surface area (TPSA) is 81.0 Å². The molecule has 4 aromatic rings. The SMILES string of the molecule is Cc1cc(C)c2cc(C(=O)O[C@H](C)c3nnc(-c4cccs4)o3)[nH]c2c1. The molecule has 0 aliphatic carbocycles. The summed E-state index contributed by atoms with van der Waals surface area (Å²) in [5, 5.41) is 10.9. The Kier molecular flexibility index (Phi) is 4.08. The highest BCUT2D eigenvalue weighted by Crippen LogP contribution is 2.27. The van der Waals surface area contributed by atoms with Crippen LogP contribution in [0.2, 0.25) is 0 Å². The van der Waals surface area contributed by atoms with Crippen LogP contribution >= 0.6 is 11.3 Å². The zero-order valence-corrected chi connectivity index (χ0v) is 15.4. The van der Waals surface area contributed by atoms with Crippen LogP contribution in [0.3, 0.4) is 0 Å². The van der Waals surface area contributed by atoms with Crippen molar-refractivity contribution in [2.75, 3.05) is 0 Å². The van der Waals surface area contributed by atoms with Crippen molar-refractivity contribution in [3.05, 3.63) is 58.4 Å². The second-order valence-electron chi connectivity index (χ2n) is 6.20. The number of nitrogens with one attached hydrogen (secondary N) is 1. The van der Waals surface area contributed by atoms with E-state index >= 15 is 0 Å². The average Bonchev–Trinajstić information content (AvgIpc) is 3.33. The lowest BCUT2D eigenvalue weighted by Crippen LogP contribution is -2.09. The van der Waals surface area contributed by atoms with Crippen LogP contribution in [0.1, 0.15) is 40.5 Å². The van der Waals surface area contributed by atoms with Gasteiger partial charge in [0.1, 0.15) is 5.69 Å². The molecule has 1 N–H and O–H groups in total. The van der Waals surface area contributed by atoms with E-state index in [1.54, 1.807) is 6.92 Å². The first-order chi connectivity index (χ1) is 12.5. The molecule has 0 radical (unpaired) electrons. The van der Waals surface area contributed by atoms with Crippen LogP contribution in [0.5, 0.6) is 0 Å². The molecule has 0 fully saturated rings. The monoisotopic (exact) mass is 367 g/mol. The zero-order valence-electron chi connectivity index (χ0n) is 14.6. The summed E-state index contributed by atoms with van der Waals surface area (Å²) in [5.74, 6) is 0.237. The Morgan fingerprint density at radius 1 is 1.27 bits per heavy atom. The van der Waals surface area contributed by atoms with Gasteiger partial charge in [0.25, 0.3) is 11.8 Å². The molecule has 0 saturated heterocycles. The second-order valence-corrected chi connectivity index (χ2v) is 7.14. The molecule has 0 aliphatic heterocycles. The van der Waals surface area contributed by atoms with Crippen LogP contribution in [0.25, 0.3) is 21.7 Å². The first-order valence-electron chi connectivity index (χ1n) is 8.19. The van der Waals surface area contributed by atoms with E-state index in [2.05, 4.69) is 21.2 Å². The van der Waals surface area contributed by atoms with Gasteiger partial charge in [-0.1, -0.05) is 12.1 Å². The van der Waals surface area contributed by atoms with Gasteiger partial charge in [-0.2, -0.15) is 0 Å². The van der Waals surface area contributed by atoms with Gasteiger partial charge in [-0.15, -0.1) is 21.5 Å². The molecule has 6 nitrogen and oxygen atoms in total. The van der Waals surface area contributed by atoms with Crippen molar-refractivity contribution in [1.82, 2.24) is 15.2 Å². The summed E-state index contributed by atoms with van der Waals surface area (Å²) >= 11 is 1.51. The predicted octanol–water partition coefficient (Wildman–Crippen LogP) is 4.81. The van der Waals surface area contributed by atoms with Gasteiger partial charge in [-0.3, -0.25) is 0 Å². The number of hydrogen-bond donors (Lipinski definition) is 1. The number of rotatable bonds is 4. The van der Waals surface area contributed by atoms with E-state index in [0.29, 0.717) is 11.6 Å². The van der Waals surface area contributed by atoms with Gasteiger partial charge in [0.15, 0.2) is 6.10 Å². The van der Waals surface area contributed by atoms with Crippen molar-refractivity contribution in [3.63, 3.8) is 0 Å². The van der Waals surface area contributed by atoms with E-state index in [1.807, 2.05) is 43.5 Å². The largest absolute Gasteiger partial charge is 0.448 e. The van der Waals surface area contributed by atoms with Crippen molar-refractivity contribution in [2.24, 2.45) is 0 Å². The number of nitrogens with zero attached hydrogens (tertiary/aromatic N) is 2. The molecule has 4 rings (SSSR count). The zero-order chi connectivity index (χ0) is 18.3. The molecular weight excluding hydrogens is 350 g/mol. The summed E-state index contributed by atoms with van der Waals surface area (Å²) < 4.78 is 11.1. The van der Waals surface area contributed by atoms with Crippen LogP contribution in [0, 0.1) is 13.8 Å². The number of H-pyrrole nitrogens is 1. The number of thiophene rings is 1. The average molecular weight is 367 g/mol. The Balaban J connectivity index is 1.53. The molecule has 3 heterocycles. The number of hydrogen-bond acceptors (Lipinski definition) is 6. The van der Waals surface area contributed by atoms with Crippen molar-refractivity contribution >= 4 is 28.2 Å². The minimum absolute atomic E-state index is 0.268. The second kappa shape index (κ2) is 6.42. The Morgan fingerprint density at radius 2 is 2.12 bits per heavy atom. The van der Waals surface area contributed by atoms with E-state index in [4.69, 9.17) is 9.15 Å². The number of carbonyl (C=O) groups is 1. The fraction of sp³-hybridized carbons (Fsp3) is 0.211. The number of aromatic nitrogens is 3. The highest BCUT2D eigenvalue weighted by atomic mass is 32.1. The molecule has 0 saturated carbocycles. The number of aromatic amines is 1. The third-order valence-electron chi connectivity index (χ3n) is 4.11. The molecule has 0 unspecified atom stereocenters. The predicted molar refractivity (Wildman–Crippen MR) is 99.2 cm³/mol. The minimum atomic E-state index is -0.641. The fourth-order valence-electron chi connectivity index (χ4n) is 2.88. The first kappa shape index (κ1) is 16.5. The fourth-order valence-corrected chi connectivity index (χ4v) is 3.53. The van der Waals surface area contributed by atoms with Crippen LogP contribution in [0.4, 0.5) is 0 Å². The number of benzene rings is 1. The molecule has 0 amide bonds. The Labute approximate surface area is 153 Å². The third kappa shape index (κ3) is 3.01. The number of fused-ring (bicyclic) bond motifs is 1. The molecule has 26 heavy (non-hydrogen) atoms. The van der Waals surface area contributed by atoms with Crippen LogP contribution in [-0.4, -0.2) is 21.2 Å². The summed E-state index contributed by atoms with van der Waals surface area (Å²) in [6.45, 7) is 5.75.